The van der Waals surface area contributed by atoms with E-state index in [0.29, 0.717) is 5.57 Å². The zero-order chi connectivity index (χ0) is 33.7. The molecule has 2 fully saturated rings. The molecule has 0 unspecified atom stereocenters. The molecule has 0 bridgehead atoms. The van der Waals surface area contributed by atoms with Gasteiger partial charge in [-0.25, -0.2) is 4.79 Å². The predicted molar refractivity (Wildman–Crippen MR) is 161 cm³/mol. The van der Waals surface area contributed by atoms with Gasteiger partial charge in [0.05, 0.1) is 13.2 Å². The number of rotatable bonds is 13. The highest BCUT2D eigenvalue weighted by Gasteiger charge is 2.48. The first-order chi connectivity index (χ1) is 21.3. The minimum absolute atomic E-state index is 0.143. The number of hydrogen-bond acceptors (Lipinski definition) is 13. The maximum Gasteiger partial charge on any atom is 0.336 e. The monoisotopic (exact) mass is 636 g/mol. The Morgan fingerprint density at radius 2 is 1.13 bits per heavy atom. The Morgan fingerprint density at radius 1 is 0.644 bits per heavy atom. The van der Waals surface area contributed by atoms with Gasteiger partial charge in [-0.3, -0.25) is 4.79 Å². The van der Waals surface area contributed by atoms with Gasteiger partial charge in [-0.05, 0) is 33.3 Å². The highest BCUT2D eigenvalue weighted by molar-refractivity contribution is 5.88. The quantitative estimate of drug-likeness (QED) is 0.0605. The van der Waals surface area contributed by atoms with E-state index in [1.807, 2.05) is 44.2 Å². The number of carbonyl (C=O) groups is 2. The number of ether oxygens (including phenoxy) is 4. The van der Waals surface area contributed by atoms with Crippen LogP contribution in [0.1, 0.15) is 27.7 Å². The normalized spacial score (nSPS) is 34.2. The van der Waals surface area contributed by atoms with Gasteiger partial charge in [0.25, 0.3) is 0 Å². The smallest absolute Gasteiger partial charge is 0.336 e. The molecule has 0 radical (unpaired) electrons. The van der Waals surface area contributed by atoms with Gasteiger partial charge in [0.1, 0.15) is 55.1 Å². The summed E-state index contributed by atoms with van der Waals surface area (Å²) in [5.41, 5.74) is 2.63. The fraction of sp³-hybridized carbons (Fsp3) is 0.500. The molecule has 2 rings (SSSR count). The summed E-state index contributed by atoms with van der Waals surface area (Å²) in [6, 6.07) is 0. The largest absolute Gasteiger partial charge is 0.429 e. The molecule has 2 saturated heterocycles. The van der Waals surface area contributed by atoms with Crippen molar-refractivity contribution in [2.45, 2.75) is 89.1 Å². The van der Waals surface area contributed by atoms with Crippen molar-refractivity contribution >= 4 is 12.3 Å². The molecule has 7 N–H and O–H groups in total. The number of hydrogen-bond donors (Lipinski definition) is 7. The van der Waals surface area contributed by atoms with Gasteiger partial charge in [0, 0.05) is 5.57 Å². The average molecular weight is 637 g/mol. The summed E-state index contributed by atoms with van der Waals surface area (Å²) in [6.45, 7) is 5.74. The zero-order valence-electron chi connectivity index (χ0n) is 25.6. The lowest BCUT2D eigenvalue weighted by atomic mass is 9.98. The number of carbonyl (C=O) groups excluding carboxylic acids is 2. The van der Waals surface area contributed by atoms with Crippen LogP contribution in [0.5, 0.6) is 0 Å². The van der Waals surface area contributed by atoms with Crippen LogP contribution in [0.25, 0.3) is 0 Å². The van der Waals surface area contributed by atoms with Crippen LogP contribution >= 0.6 is 0 Å². The van der Waals surface area contributed by atoms with Crippen LogP contribution in [0.15, 0.2) is 83.1 Å². The summed E-state index contributed by atoms with van der Waals surface area (Å²) in [5.74, 6) is -0.866. The summed E-state index contributed by atoms with van der Waals surface area (Å²) in [4.78, 5) is 23.2. The van der Waals surface area contributed by atoms with Gasteiger partial charge >= 0.3 is 5.97 Å². The maximum absolute atomic E-state index is 12.6. The molecule has 0 aromatic heterocycles. The molecule has 45 heavy (non-hydrogen) atoms. The van der Waals surface area contributed by atoms with Crippen molar-refractivity contribution in [1.82, 2.24) is 0 Å². The summed E-state index contributed by atoms with van der Waals surface area (Å²) in [6.07, 6.45) is 2.39. The molecule has 0 aliphatic carbocycles. The summed E-state index contributed by atoms with van der Waals surface area (Å²) < 4.78 is 21.3. The topological polar surface area (TPSA) is 213 Å². The van der Waals surface area contributed by atoms with Gasteiger partial charge in [-0.15, -0.1) is 0 Å². The predicted octanol–water partition coefficient (Wildman–Crippen LogP) is -0.194. The average Bonchev–Trinajstić information content (AvgIpc) is 3.02. The number of esters is 1. The first kappa shape index (κ1) is 38.1. The van der Waals surface area contributed by atoms with Crippen LogP contribution in [0, 0.1) is 0 Å². The number of aliphatic hydroxyl groups is 7. The second-order valence-electron chi connectivity index (χ2n) is 10.8. The molecule has 0 saturated carbocycles. The first-order valence-electron chi connectivity index (χ1n) is 14.3. The standard InChI is InChI=1S/C32H44O13/c1-18(11-7-13-20(3)15-33)9-5-6-10-19(2)12-8-14-21(4)30(41)45-32-29(40)27(38)25(36)23(44-32)17-42-31-28(39)26(37)24(35)22(16-34)43-31/h5-15,22-29,31-32,34-40H,16-17H2,1-4H3/b6-5+,11-7+,12-8+,18-9+,19-10+,20-13+,21-14+/t22-,23-,24-,25-,26+,27+,28-,29-,31-,32+/m1/s1. The molecule has 2 aliphatic heterocycles. The van der Waals surface area contributed by atoms with E-state index in [1.54, 1.807) is 31.2 Å². The third-order valence-corrected chi connectivity index (χ3v) is 6.93. The minimum Gasteiger partial charge on any atom is -0.429 e. The van der Waals surface area contributed by atoms with Crippen LogP contribution in [0.3, 0.4) is 0 Å². The van der Waals surface area contributed by atoms with Crippen LogP contribution < -0.4 is 0 Å². The first-order valence-corrected chi connectivity index (χ1v) is 14.3. The molecule has 0 spiro atoms. The van der Waals surface area contributed by atoms with E-state index < -0.39 is 80.6 Å². The molecule has 13 heteroatoms. The van der Waals surface area contributed by atoms with Gasteiger partial charge < -0.3 is 54.7 Å². The lowest BCUT2D eigenvalue weighted by Gasteiger charge is -2.42. The fourth-order valence-electron chi connectivity index (χ4n) is 4.07. The third kappa shape index (κ3) is 11.7. The van der Waals surface area contributed by atoms with Crippen LogP contribution in [0.4, 0.5) is 0 Å². The Labute approximate surface area is 262 Å². The molecule has 0 aromatic rings. The van der Waals surface area contributed by atoms with E-state index in [9.17, 15) is 45.3 Å². The molecule has 10 atom stereocenters. The van der Waals surface area contributed by atoms with Crippen molar-refractivity contribution in [2.75, 3.05) is 13.2 Å². The molecule has 2 aliphatic rings. The van der Waals surface area contributed by atoms with Crippen molar-refractivity contribution in [2.24, 2.45) is 0 Å². The minimum atomic E-state index is -1.79. The molecule has 250 valence electrons. The van der Waals surface area contributed by atoms with E-state index >= 15 is 0 Å². The summed E-state index contributed by atoms with van der Waals surface area (Å²) >= 11 is 0. The zero-order valence-corrected chi connectivity index (χ0v) is 25.6. The van der Waals surface area contributed by atoms with Gasteiger partial charge in [0.2, 0.25) is 6.29 Å². The molecule has 0 amide bonds. The highest BCUT2D eigenvalue weighted by Crippen LogP contribution is 2.26. The van der Waals surface area contributed by atoms with Gasteiger partial charge in [0.15, 0.2) is 6.29 Å². The van der Waals surface area contributed by atoms with Crippen molar-refractivity contribution in [1.29, 1.82) is 0 Å². The fourth-order valence-corrected chi connectivity index (χ4v) is 4.07. The molecule has 2 heterocycles. The summed E-state index contributed by atoms with van der Waals surface area (Å²) in [7, 11) is 0. The van der Waals surface area contributed by atoms with E-state index in [4.69, 9.17) is 18.9 Å². The lowest BCUT2D eigenvalue weighted by molar-refractivity contribution is -0.326. The second kappa shape index (κ2) is 18.8. The summed E-state index contributed by atoms with van der Waals surface area (Å²) in [5, 5.41) is 70.2. The highest BCUT2D eigenvalue weighted by atomic mass is 16.7. The van der Waals surface area contributed by atoms with Crippen LogP contribution in [-0.2, 0) is 28.5 Å². The Balaban J connectivity index is 1.95. The Kier molecular flexibility index (Phi) is 15.9. The van der Waals surface area contributed by atoms with Crippen molar-refractivity contribution in [3.05, 3.63) is 83.1 Å². The third-order valence-electron chi connectivity index (χ3n) is 6.93. The van der Waals surface area contributed by atoms with Gasteiger partial charge in [-0.2, -0.15) is 0 Å². The SMILES string of the molecule is C\C(C=O)=C/C=C/C(C)=C/C=C/C=C(C)/C=C/C=C(\C)C(=O)O[C@@H]1O[C@H](CO[C@@H]2O[C@H](CO)[C@@H](O)[C@H](O)[C@H]2O)[C@@H](O)[C@H](O)[C@H]1O. The Hall–Kier alpha value is -3.08. The van der Waals surface area contributed by atoms with Gasteiger partial charge in [-0.1, -0.05) is 71.9 Å². The molecule has 13 nitrogen and oxygen atoms in total. The second-order valence-corrected chi connectivity index (χ2v) is 10.8. The number of allylic oxidation sites excluding steroid dienone is 13. The molecular formula is C32H44O13. The van der Waals surface area contributed by atoms with E-state index in [1.165, 1.54) is 13.0 Å². The molecule has 0 aromatic carbocycles. The van der Waals surface area contributed by atoms with Crippen molar-refractivity contribution < 1.29 is 64.3 Å². The number of aliphatic hydroxyl groups excluding tert-OH is 7. The van der Waals surface area contributed by atoms with E-state index in [2.05, 4.69) is 0 Å². The number of aldehydes is 1. The van der Waals surface area contributed by atoms with Crippen LogP contribution in [-0.4, -0.2) is 123 Å². The maximum atomic E-state index is 12.6. The lowest BCUT2D eigenvalue weighted by Crippen LogP contribution is -2.61. The van der Waals surface area contributed by atoms with E-state index in [0.717, 1.165) is 17.4 Å². The van der Waals surface area contributed by atoms with E-state index in [-0.39, 0.29) is 5.57 Å². The van der Waals surface area contributed by atoms with Crippen molar-refractivity contribution in [3.63, 3.8) is 0 Å². The van der Waals surface area contributed by atoms with Crippen LogP contribution in [0.2, 0.25) is 0 Å². The van der Waals surface area contributed by atoms with Crippen molar-refractivity contribution in [3.8, 4) is 0 Å². The Bertz CT molecular complexity index is 1200. The Morgan fingerprint density at radius 3 is 1.69 bits per heavy atom. The molecular weight excluding hydrogens is 592 g/mol.